The second kappa shape index (κ2) is 7.15. The number of hydrogen-bond donors (Lipinski definition) is 1. The summed E-state index contributed by atoms with van der Waals surface area (Å²) < 4.78 is 5.66. The third kappa shape index (κ3) is 3.83. The van der Waals surface area contributed by atoms with Gasteiger partial charge in [-0.05, 0) is 49.6 Å². The Bertz CT molecular complexity index is 702. The fourth-order valence-electron chi connectivity index (χ4n) is 2.82. The standard InChI is InChI=1S/C18H20N2O3S/c1-12-9-20(10-13(2)23-12)18(22)14-3-5-16(6-4-14)19-17(21)15-7-8-24-11-15/h3-8,11-13H,9-10H2,1-2H3,(H,19,21)/t12-,13-/m1/s1. The molecule has 0 bridgehead atoms. The highest BCUT2D eigenvalue weighted by Gasteiger charge is 2.26. The van der Waals surface area contributed by atoms with E-state index < -0.39 is 0 Å². The van der Waals surface area contributed by atoms with Crippen molar-refractivity contribution < 1.29 is 14.3 Å². The van der Waals surface area contributed by atoms with Crippen LogP contribution in [0.25, 0.3) is 0 Å². The summed E-state index contributed by atoms with van der Waals surface area (Å²) >= 11 is 1.48. The van der Waals surface area contributed by atoms with E-state index in [0.29, 0.717) is 29.9 Å². The van der Waals surface area contributed by atoms with Gasteiger partial charge in [0, 0.05) is 29.7 Å². The van der Waals surface area contributed by atoms with E-state index in [-0.39, 0.29) is 24.0 Å². The molecule has 1 aromatic carbocycles. The number of nitrogens with zero attached hydrogens (tertiary/aromatic N) is 1. The van der Waals surface area contributed by atoms with Crippen LogP contribution < -0.4 is 5.32 Å². The highest BCUT2D eigenvalue weighted by atomic mass is 32.1. The quantitative estimate of drug-likeness (QED) is 0.930. The van der Waals surface area contributed by atoms with E-state index in [0.717, 1.165) is 0 Å². The third-order valence-electron chi connectivity index (χ3n) is 3.88. The summed E-state index contributed by atoms with van der Waals surface area (Å²) in [6.45, 7) is 5.14. The molecule has 0 unspecified atom stereocenters. The number of amides is 2. The Balaban J connectivity index is 1.65. The van der Waals surface area contributed by atoms with Crippen molar-refractivity contribution in [3.05, 3.63) is 52.2 Å². The van der Waals surface area contributed by atoms with E-state index in [1.54, 1.807) is 35.7 Å². The van der Waals surface area contributed by atoms with E-state index >= 15 is 0 Å². The van der Waals surface area contributed by atoms with Gasteiger partial charge in [-0.2, -0.15) is 11.3 Å². The lowest BCUT2D eigenvalue weighted by Crippen LogP contribution is -2.48. The number of carbonyl (C=O) groups is 2. The highest BCUT2D eigenvalue weighted by Crippen LogP contribution is 2.17. The van der Waals surface area contributed by atoms with Crippen molar-refractivity contribution in [2.24, 2.45) is 0 Å². The van der Waals surface area contributed by atoms with Gasteiger partial charge < -0.3 is 15.0 Å². The smallest absolute Gasteiger partial charge is 0.256 e. The maximum Gasteiger partial charge on any atom is 0.256 e. The van der Waals surface area contributed by atoms with Crippen LogP contribution in [0.2, 0.25) is 0 Å². The summed E-state index contributed by atoms with van der Waals surface area (Å²) in [5.41, 5.74) is 1.92. The topological polar surface area (TPSA) is 58.6 Å². The highest BCUT2D eigenvalue weighted by molar-refractivity contribution is 7.08. The molecule has 1 aromatic heterocycles. The van der Waals surface area contributed by atoms with Crippen LogP contribution in [0.4, 0.5) is 5.69 Å². The number of nitrogens with one attached hydrogen (secondary N) is 1. The molecule has 24 heavy (non-hydrogen) atoms. The molecule has 126 valence electrons. The van der Waals surface area contributed by atoms with Gasteiger partial charge in [-0.3, -0.25) is 9.59 Å². The van der Waals surface area contributed by atoms with E-state index in [4.69, 9.17) is 4.74 Å². The fraction of sp³-hybridized carbons (Fsp3) is 0.333. The molecule has 2 heterocycles. The van der Waals surface area contributed by atoms with Gasteiger partial charge in [0.15, 0.2) is 0 Å². The maximum absolute atomic E-state index is 12.6. The van der Waals surface area contributed by atoms with Gasteiger partial charge in [0.2, 0.25) is 0 Å². The minimum atomic E-state index is -0.147. The molecule has 0 aliphatic carbocycles. The van der Waals surface area contributed by atoms with Crippen LogP contribution in [0.5, 0.6) is 0 Å². The van der Waals surface area contributed by atoms with E-state index in [9.17, 15) is 9.59 Å². The predicted molar refractivity (Wildman–Crippen MR) is 94.6 cm³/mol. The van der Waals surface area contributed by atoms with Crippen molar-refractivity contribution in [1.29, 1.82) is 0 Å². The van der Waals surface area contributed by atoms with E-state index in [1.165, 1.54) is 11.3 Å². The van der Waals surface area contributed by atoms with Gasteiger partial charge in [-0.25, -0.2) is 0 Å². The van der Waals surface area contributed by atoms with Gasteiger partial charge in [0.25, 0.3) is 11.8 Å². The molecule has 1 aliphatic rings. The SMILES string of the molecule is C[C@@H]1CN(C(=O)c2ccc(NC(=O)c3ccsc3)cc2)C[C@@H](C)O1. The molecule has 2 atom stereocenters. The molecule has 3 rings (SSSR count). The summed E-state index contributed by atoms with van der Waals surface area (Å²) in [5, 5.41) is 6.49. The monoisotopic (exact) mass is 344 g/mol. The number of hydrogen-bond acceptors (Lipinski definition) is 4. The van der Waals surface area contributed by atoms with Crippen LogP contribution in [0, 0.1) is 0 Å². The van der Waals surface area contributed by atoms with Crippen molar-refractivity contribution in [1.82, 2.24) is 4.90 Å². The van der Waals surface area contributed by atoms with Gasteiger partial charge in [-0.15, -0.1) is 0 Å². The summed E-state index contributed by atoms with van der Waals surface area (Å²) in [4.78, 5) is 26.4. The van der Waals surface area contributed by atoms with Crippen LogP contribution in [-0.2, 0) is 4.74 Å². The molecule has 1 aliphatic heterocycles. The van der Waals surface area contributed by atoms with Crippen molar-refractivity contribution in [3.8, 4) is 0 Å². The number of thiophene rings is 1. The lowest BCUT2D eigenvalue weighted by Gasteiger charge is -2.35. The minimum Gasteiger partial charge on any atom is -0.372 e. The normalized spacial score (nSPS) is 20.7. The Morgan fingerprint density at radius 2 is 1.75 bits per heavy atom. The van der Waals surface area contributed by atoms with Crippen molar-refractivity contribution in [3.63, 3.8) is 0 Å². The molecule has 2 aromatic rings. The first-order valence-electron chi connectivity index (χ1n) is 7.91. The van der Waals surface area contributed by atoms with Gasteiger partial charge >= 0.3 is 0 Å². The van der Waals surface area contributed by atoms with Crippen molar-refractivity contribution >= 4 is 28.8 Å². The average molecular weight is 344 g/mol. The van der Waals surface area contributed by atoms with Crippen molar-refractivity contribution in [2.45, 2.75) is 26.1 Å². The fourth-order valence-corrected chi connectivity index (χ4v) is 3.46. The molecule has 6 heteroatoms. The molecular weight excluding hydrogens is 324 g/mol. The Morgan fingerprint density at radius 1 is 1.08 bits per heavy atom. The van der Waals surface area contributed by atoms with Crippen molar-refractivity contribution in [2.75, 3.05) is 18.4 Å². The lowest BCUT2D eigenvalue weighted by atomic mass is 10.1. The van der Waals surface area contributed by atoms with Gasteiger partial charge in [-0.1, -0.05) is 0 Å². The molecule has 2 amide bonds. The first-order chi connectivity index (χ1) is 11.5. The van der Waals surface area contributed by atoms with E-state index in [1.807, 2.05) is 24.1 Å². The summed E-state index contributed by atoms with van der Waals surface area (Å²) in [6.07, 6.45) is 0.0868. The Morgan fingerprint density at radius 3 is 2.33 bits per heavy atom. The number of anilines is 1. The molecule has 0 saturated carbocycles. The molecule has 0 spiro atoms. The molecule has 5 nitrogen and oxygen atoms in total. The molecule has 0 radical (unpaired) electrons. The summed E-state index contributed by atoms with van der Waals surface area (Å²) in [7, 11) is 0. The lowest BCUT2D eigenvalue weighted by molar-refractivity contribution is -0.0586. The van der Waals surface area contributed by atoms with Crippen LogP contribution >= 0.6 is 11.3 Å². The first-order valence-corrected chi connectivity index (χ1v) is 8.85. The zero-order valence-electron chi connectivity index (χ0n) is 13.7. The predicted octanol–water partition coefficient (Wildman–Crippen LogP) is 3.25. The van der Waals surface area contributed by atoms with Crippen LogP contribution in [0.3, 0.4) is 0 Å². The molecule has 1 N–H and O–H groups in total. The first kappa shape index (κ1) is 16.7. The van der Waals surface area contributed by atoms with Crippen LogP contribution in [0.15, 0.2) is 41.1 Å². The zero-order valence-corrected chi connectivity index (χ0v) is 14.5. The second-order valence-electron chi connectivity index (χ2n) is 6.01. The Hall–Kier alpha value is -2.18. The zero-order chi connectivity index (χ0) is 17.1. The number of morpholine rings is 1. The number of benzene rings is 1. The van der Waals surface area contributed by atoms with Crippen LogP contribution in [0.1, 0.15) is 34.6 Å². The van der Waals surface area contributed by atoms with Crippen LogP contribution in [-0.4, -0.2) is 42.0 Å². The Kier molecular flexibility index (Phi) is 4.97. The molecular formula is C18H20N2O3S. The maximum atomic E-state index is 12.6. The summed E-state index contributed by atoms with van der Waals surface area (Å²) in [6, 6.07) is 8.78. The number of rotatable bonds is 3. The second-order valence-corrected chi connectivity index (χ2v) is 6.79. The molecule has 1 fully saturated rings. The molecule has 1 saturated heterocycles. The summed E-state index contributed by atoms with van der Waals surface area (Å²) in [5.74, 6) is -0.154. The van der Waals surface area contributed by atoms with Gasteiger partial charge in [0.05, 0.1) is 17.8 Å². The largest absolute Gasteiger partial charge is 0.372 e. The Labute approximate surface area is 145 Å². The minimum absolute atomic E-state index is 0.00675. The average Bonchev–Trinajstić information content (AvgIpc) is 3.08. The number of carbonyl (C=O) groups excluding carboxylic acids is 2. The number of ether oxygens (including phenoxy) is 1. The third-order valence-corrected chi connectivity index (χ3v) is 4.56. The van der Waals surface area contributed by atoms with E-state index in [2.05, 4.69) is 5.32 Å². The van der Waals surface area contributed by atoms with Gasteiger partial charge in [0.1, 0.15) is 0 Å².